The average Bonchev–Trinajstić information content (AvgIpc) is 2.38. The van der Waals surface area contributed by atoms with Gasteiger partial charge in [-0.3, -0.25) is 4.79 Å². The maximum absolute atomic E-state index is 12.4. The lowest BCUT2D eigenvalue weighted by Crippen LogP contribution is -2.51. The Bertz CT molecular complexity index is 511. The van der Waals surface area contributed by atoms with Crippen molar-refractivity contribution in [2.75, 3.05) is 6.61 Å². The molecule has 1 fully saturated rings. The van der Waals surface area contributed by atoms with E-state index in [0.29, 0.717) is 17.2 Å². The fourth-order valence-electron chi connectivity index (χ4n) is 2.59. The van der Waals surface area contributed by atoms with Crippen LogP contribution >= 0.6 is 11.6 Å². The lowest BCUT2D eigenvalue weighted by atomic mass is 9.91. The Labute approximate surface area is 130 Å². The van der Waals surface area contributed by atoms with Gasteiger partial charge in [0.05, 0.1) is 5.60 Å². The van der Waals surface area contributed by atoms with Crippen LogP contribution < -0.4 is 5.32 Å². The maximum Gasteiger partial charge on any atom is 0.256 e. The third-order valence-corrected chi connectivity index (χ3v) is 4.13. The van der Waals surface area contributed by atoms with Gasteiger partial charge in [0, 0.05) is 17.7 Å². The van der Waals surface area contributed by atoms with Gasteiger partial charge in [-0.05, 0) is 51.3 Å². The van der Waals surface area contributed by atoms with Crippen LogP contribution in [-0.2, 0) is 15.1 Å². The summed E-state index contributed by atoms with van der Waals surface area (Å²) in [6.07, 6.45) is 1.49. The molecule has 1 aliphatic heterocycles. The van der Waals surface area contributed by atoms with Crippen LogP contribution in [0.4, 0.5) is 0 Å². The number of amides is 1. The third-order valence-electron chi connectivity index (χ3n) is 3.88. The summed E-state index contributed by atoms with van der Waals surface area (Å²) in [5.74, 6) is -0.396. The Morgan fingerprint density at radius 1 is 1.43 bits per heavy atom. The first kappa shape index (κ1) is 16.3. The predicted octanol–water partition coefficient (Wildman–Crippen LogP) is 2.62. The summed E-state index contributed by atoms with van der Waals surface area (Å²) in [5, 5.41) is 14.0. The van der Waals surface area contributed by atoms with Gasteiger partial charge in [-0.1, -0.05) is 23.7 Å². The van der Waals surface area contributed by atoms with Crippen molar-refractivity contribution in [3.8, 4) is 0 Å². The molecule has 0 radical (unpaired) electrons. The van der Waals surface area contributed by atoms with Crippen LogP contribution in [0.25, 0.3) is 0 Å². The first-order valence-corrected chi connectivity index (χ1v) is 7.52. The summed E-state index contributed by atoms with van der Waals surface area (Å²) in [7, 11) is 0. The summed E-state index contributed by atoms with van der Waals surface area (Å²) in [6, 6.07) is 6.66. The molecule has 0 aromatic heterocycles. The van der Waals surface area contributed by atoms with Crippen LogP contribution in [0.1, 0.15) is 39.2 Å². The molecule has 1 aliphatic rings. The second-order valence-corrected chi connectivity index (χ2v) is 6.79. The van der Waals surface area contributed by atoms with E-state index in [2.05, 4.69) is 5.32 Å². The molecule has 4 nitrogen and oxygen atoms in total. The fraction of sp³-hybridized carbons (Fsp3) is 0.562. The number of hydrogen-bond donors (Lipinski definition) is 2. The van der Waals surface area contributed by atoms with Crippen molar-refractivity contribution in [2.24, 2.45) is 0 Å². The molecular formula is C16H22ClNO3. The van der Waals surface area contributed by atoms with Crippen molar-refractivity contribution in [2.45, 2.75) is 50.9 Å². The molecule has 2 N–H and O–H groups in total. The Balaban J connectivity index is 2.06. The minimum atomic E-state index is -1.58. The molecular weight excluding hydrogens is 290 g/mol. The van der Waals surface area contributed by atoms with E-state index in [9.17, 15) is 9.90 Å². The molecule has 1 heterocycles. The van der Waals surface area contributed by atoms with Crippen molar-refractivity contribution in [1.29, 1.82) is 0 Å². The highest BCUT2D eigenvalue weighted by atomic mass is 35.5. The SMILES string of the molecule is CC1(C)CC(NC(=O)C(C)(O)c2ccc(Cl)cc2)CCO1. The van der Waals surface area contributed by atoms with E-state index >= 15 is 0 Å². The van der Waals surface area contributed by atoms with Gasteiger partial charge in [0.1, 0.15) is 0 Å². The molecule has 1 amide bonds. The van der Waals surface area contributed by atoms with Crippen LogP contribution in [0, 0.1) is 0 Å². The first-order valence-electron chi connectivity index (χ1n) is 7.14. The standard InChI is InChI=1S/C16H22ClNO3/c1-15(2)10-13(8-9-21-15)18-14(19)16(3,20)11-4-6-12(17)7-5-11/h4-7,13,20H,8-10H2,1-3H3,(H,18,19). The van der Waals surface area contributed by atoms with Gasteiger partial charge in [0.2, 0.25) is 0 Å². The largest absolute Gasteiger partial charge is 0.376 e. The van der Waals surface area contributed by atoms with Gasteiger partial charge in [0.25, 0.3) is 5.91 Å². The van der Waals surface area contributed by atoms with E-state index < -0.39 is 11.5 Å². The Morgan fingerprint density at radius 3 is 2.62 bits per heavy atom. The molecule has 1 aromatic carbocycles. The Hall–Kier alpha value is -1.10. The van der Waals surface area contributed by atoms with Gasteiger partial charge in [0.15, 0.2) is 5.60 Å². The smallest absolute Gasteiger partial charge is 0.256 e. The Morgan fingerprint density at radius 2 is 2.05 bits per heavy atom. The molecule has 2 rings (SSSR count). The number of ether oxygens (including phenoxy) is 1. The molecule has 5 heteroatoms. The number of halogens is 1. The minimum absolute atomic E-state index is 0.0139. The minimum Gasteiger partial charge on any atom is -0.376 e. The number of hydrogen-bond acceptors (Lipinski definition) is 3. The zero-order valence-electron chi connectivity index (χ0n) is 12.6. The highest BCUT2D eigenvalue weighted by molar-refractivity contribution is 6.30. The number of carbonyl (C=O) groups is 1. The van der Waals surface area contributed by atoms with E-state index in [1.54, 1.807) is 24.3 Å². The normalized spacial score (nSPS) is 24.1. The van der Waals surface area contributed by atoms with Gasteiger partial charge in [-0.25, -0.2) is 0 Å². The zero-order chi connectivity index (χ0) is 15.7. The van der Waals surface area contributed by atoms with E-state index in [1.165, 1.54) is 6.92 Å². The van der Waals surface area contributed by atoms with Crippen LogP contribution in [0.5, 0.6) is 0 Å². The van der Waals surface area contributed by atoms with Gasteiger partial charge >= 0.3 is 0 Å². The molecule has 2 unspecified atom stereocenters. The van der Waals surface area contributed by atoms with Crippen molar-refractivity contribution in [3.63, 3.8) is 0 Å². The summed E-state index contributed by atoms with van der Waals surface area (Å²) in [4.78, 5) is 12.4. The molecule has 1 saturated heterocycles. The first-order chi connectivity index (χ1) is 9.71. The van der Waals surface area contributed by atoms with Crippen molar-refractivity contribution in [3.05, 3.63) is 34.9 Å². The van der Waals surface area contributed by atoms with E-state index in [1.807, 2.05) is 13.8 Å². The molecule has 0 saturated carbocycles. The second-order valence-electron chi connectivity index (χ2n) is 6.35. The molecule has 116 valence electrons. The van der Waals surface area contributed by atoms with Crippen LogP contribution in [0.3, 0.4) is 0 Å². The van der Waals surface area contributed by atoms with Crippen molar-refractivity contribution < 1.29 is 14.6 Å². The number of nitrogens with one attached hydrogen (secondary N) is 1. The van der Waals surface area contributed by atoms with Crippen molar-refractivity contribution >= 4 is 17.5 Å². The molecule has 21 heavy (non-hydrogen) atoms. The maximum atomic E-state index is 12.4. The summed E-state index contributed by atoms with van der Waals surface area (Å²) in [5.41, 5.74) is -1.30. The number of aliphatic hydroxyl groups is 1. The number of benzene rings is 1. The monoisotopic (exact) mass is 311 g/mol. The van der Waals surface area contributed by atoms with Gasteiger partial charge < -0.3 is 15.2 Å². The summed E-state index contributed by atoms with van der Waals surface area (Å²) >= 11 is 5.83. The highest BCUT2D eigenvalue weighted by Crippen LogP contribution is 2.26. The predicted molar refractivity (Wildman–Crippen MR) is 82.2 cm³/mol. The highest BCUT2D eigenvalue weighted by Gasteiger charge is 2.36. The fourth-order valence-corrected chi connectivity index (χ4v) is 2.71. The van der Waals surface area contributed by atoms with E-state index in [4.69, 9.17) is 16.3 Å². The van der Waals surface area contributed by atoms with Crippen LogP contribution in [0.2, 0.25) is 5.02 Å². The zero-order valence-corrected chi connectivity index (χ0v) is 13.4. The quantitative estimate of drug-likeness (QED) is 0.902. The molecule has 0 bridgehead atoms. The molecule has 1 aromatic rings. The lowest BCUT2D eigenvalue weighted by molar-refractivity contribution is -0.141. The van der Waals surface area contributed by atoms with Crippen LogP contribution in [0.15, 0.2) is 24.3 Å². The Kier molecular flexibility index (Phi) is 4.61. The van der Waals surface area contributed by atoms with Crippen LogP contribution in [-0.4, -0.2) is 29.3 Å². The average molecular weight is 312 g/mol. The third kappa shape index (κ3) is 3.96. The molecule has 0 aliphatic carbocycles. The molecule has 0 spiro atoms. The van der Waals surface area contributed by atoms with Crippen molar-refractivity contribution in [1.82, 2.24) is 5.32 Å². The molecule has 2 atom stereocenters. The summed E-state index contributed by atoms with van der Waals surface area (Å²) in [6.45, 7) is 6.11. The van der Waals surface area contributed by atoms with Gasteiger partial charge in [-0.2, -0.15) is 0 Å². The summed E-state index contributed by atoms with van der Waals surface area (Å²) < 4.78 is 5.63. The van der Waals surface area contributed by atoms with E-state index in [-0.39, 0.29) is 11.6 Å². The van der Waals surface area contributed by atoms with Gasteiger partial charge in [-0.15, -0.1) is 0 Å². The number of rotatable bonds is 3. The van der Waals surface area contributed by atoms with E-state index in [0.717, 1.165) is 12.8 Å². The lowest BCUT2D eigenvalue weighted by Gasteiger charge is -2.37. The second kappa shape index (κ2) is 5.95. The topological polar surface area (TPSA) is 58.6 Å². The number of carbonyl (C=O) groups excluding carboxylic acids is 1.